The van der Waals surface area contributed by atoms with Gasteiger partial charge in [0, 0.05) is 12.1 Å². The maximum Gasteiger partial charge on any atom is 0.239 e. The molecule has 0 saturated heterocycles. The van der Waals surface area contributed by atoms with Crippen molar-refractivity contribution in [2.75, 3.05) is 11.1 Å². The minimum Gasteiger partial charge on any atom is -0.331 e. The molecule has 0 aromatic heterocycles. The van der Waals surface area contributed by atoms with Crippen molar-refractivity contribution in [1.29, 1.82) is 0 Å². The van der Waals surface area contributed by atoms with Crippen LogP contribution in [0.3, 0.4) is 0 Å². The Morgan fingerprint density at radius 2 is 1.50 bits per heavy atom. The zero-order valence-electron chi connectivity index (χ0n) is 12.7. The molecule has 0 fully saturated rings. The van der Waals surface area contributed by atoms with E-state index in [0.29, 0.717) is 0 Å². The number of hydrazine groups is 1. The predicted molar refractivity (Wildman–Crippen MR) is 97.1 cm³/mol. The molecule has 24 heavy (non-hydrogen) atoms. The van der Waals surface area contributed by atoms with E-state index in [4.69, 9.17) is 12.2 Å². The minimum absolute atomic E-state index is 0.168. The Morgan fingerprint density at radius 3 is 2.12 bits per heavy atom. The van der Waals surface area contributed by atoms with E-state index in [2.05, 4.69) is 16.2 Å². The van der Waals surface area contributed by atoms with E-state index in [9.17, 15) is 13.2 Å². The molecule has 0 unspecified atom stereocenters. The van der Waals surface area contributed by atoms with Crippen LogP contribution in [0.1, 0.15) is 6.42 Å². The number of carbonyl (C=O) groups is 1. The van der Waals surface area contributed by atoms with Crippen molar-refractivity contribution in [1.82, 2.24) is 10.9 Å². The zero-order chi connectivity index (χ0) is 17.4. The fraction of sp³-hybridized carbons (Fsp3) is 0.125. The molecular formula is C16H17N3O3S2. The summed E-state index contributed by atoms with van der Waals surface area (Å²) in [6.07, 6.45) is -0.168. The van der Waals surface area contributed by atoms with E-state index in [1.807, 2.05) is 30.3 Å². The highest BCUT2D eigenvalue weighted by Crippen LogP contribution is 2.10. The Balaban J connectivity index is 1.76. The van der Waals surface area contributed by atoms with E-state index in [1.54, 1.807) is 18.2 Å². The number of carbonyl (C=O) groups excluding carboxylic acids is 1. The second-order valence-electron chi connectivity index (χ2n) is 4.88. The van der Waals surface area contributed by atoms with Crippen molar-refractivity contribution in [3.63, 3.8) is 0 Å². The molecule has 0 aliphatic heterocycles. The summed E-state index contributed by atoms with van der Waals surface area (Å²) < 4.78 is 24.2. The summed E-state index contributed by atoms with van der Waals surface area (Å²) in [6.45, 7) is 0. The predicted octanol–water partition coefficient (Wildman–Crippen LogP) is 1.87. The number of nitrogens with one attached hydrogen (secondary N) is 3. The molecule has 0 aliphatic carbocycles. The Bertz CT molecular complexity index is 794. The highest BCUT2D eigenvalue weighted by Gasteiger charge is 2.16. The molecule has 0 radical (unpaired) electrons. The average molecular weight is 363 g/mol. The van der Waals surface area contributed by atoms with Crippen LogP contribution in [0.5, 0.6) is 0 Å². The molecule has 126 valence electrons. The van der Waals surface area contributed by atoms with Crippen LogP contribution >= 0.6 is 12.2 Å². The molecule has 6 nitrogen and oxygen atoms in total. The van der Waals surface area contributed by atoms with E-state index in [-0.39, 0.29) is 22.2 Å². The van der Waals surface area contributed by atoms with E-state index in [0.717, 1.165) is 5.69 Å². The van der Waals surface area contributed by atoms with Crippen molar-refractivity contribution in [3.8, 4) is 0 Å². The van der Waals surface area contributed by atoms with E-state index in [1.165, 1.54) is 12.1 Å². The van der Waals surface area contributed by atoms with Crippen molar-refractivity contribution in [3.05, 3.63) is 60.7 Å². The van der Waals surface area contributed by atoms with Crippen molar-refractivity contribution >= 4 is 38.8 Å². The Morgan fingerprint density at radius 1 is 0.917 bits per heavy atom. The summed E-state index contributed by atoms with van der Waals surface area (Å²) in [5, 5.41) is 3.09. The Hall–Kier alpha value is -2.45. The highest BCUT2D eigenvalue weighted by atomic mass is 32.2. The third-order valence-corrected chi connectivity index (χ3v) is 4.98. The third-order valence-electron chi connectivity index (χ3n) is 3.05. The maximum atomic E-state index is 12.1. The van der Waals surface area contributed by atoms with Crippen molar-refractivity contribution < 1.29 is 13.2 Å². The molecule has 0 bridgehead atoms. The quantitative estimate of drug-likeness (QED) is 0.555. The van der Waals surface area contributed by atoms with Crippen LogP contribution in [0.25, 0.3) is 0 Å². The molecule has 3 N–H and O–H groups in total. The summed E-state index contributed by atoms with van der Waals surface area (Å²) in [6, 6.07) is 17.2. The molecule has 0 spiro atoms. The summed E-state index contributed by atoms with van der Waals surface area (Å²) >= 11 is 5.03. The first-order chi connectivity index (χ1) is 11.5. The molecule has 2 aromatic carbocycles. The van der Waals surface area contributed by atoms with Crippen molar-refractivity contribution in [2.24, 2.45) is 0 Å². The van der Waals surface area contributed by atoms with Crippen LogP contribution in [0.2, 0.25) is 0 Å². The molecule has 0 aliphatic rings. The SMILES string of the molecule is O=C(CCS(=O)(=O)c1ccccc1)NNC(=S)Nc1ccccc1. The number of hydrogen-bond donors (Lipinski definition) is 3. The summed E-state index contributed by atoms with van der Waals surface area (Å²) in [7, 11) is -3.48. The molecule has 2 rings (SSSR count). The summed E-state index contributed by atoms with van der Waals surface area (Å²) in [4.78, 5) is 12.0. The van der Waals surface area contributed by atoms with Gasteiger partial charge in [-0.3, -0.25) is 15.6 Å². The average Bonchev–Trinajstić information content (AvgIpc) is 2.60. The lowest BCUT2D eigenvalue weighted by Gasteiger charge is -2.11. The first kappa shape index (κ1) is 17.9. The first-order valence-corrected chi connectivity index (χ1v) is 9.22. The third kappa shape index (κ3) is 5.64. The smallest absolute Gasteiger partial charge is 0.239 e. The second kappa shape index (κ2) is 8.42. The standard InChI is InChI=1S/C16H17N3O3S2/c20-15(11-12-24(21,22)14-9-5-2-6-10-14)18-19-16(23)17-13-7-3-1-4-8-13/h1-10H,11-12H2,(H,18,20)(H2,17,19,23). The molecule has 0 saturated carbocycles. The van der Waals surface area contributed by atoms with Gasteiger partial charge < -0.3 is 5.32 Å². The van der Waals surface area contributed by atoms with Gasteiger partial charge in [-0.1, -0.05) is 36.4 Å². The van der Waals surface area contributed by atoms with Gasteiger partial charge in [-0.05, 0) is 36.5 Å². The lowest BCUT2D eigenvalue weighted by atomic mass is 10.3. The highest BCUT2D eigenvalue weighted by molar-refractivity contribution is 7.91. The first-order valence-electron chi connectivity index (χ1n) is 7.16. The molecule has 1 amide bonds. The van der Waals surface area contributed by atoms with Gasteiger partial charge in [0.05, 0.1) is 10.6 Å². The summed E-state index contributed by atoms with van der Waals surface area (Å²) in [5.41, 5.74) is 5.68. The van der Waals surface area contributed by atoms with Gasteiger partial charge in [0.15, 0.2) is 14.9 Å². The van der Waals surface area contributed by atoms with Gasteiger partial charge >= 0.3 is 0 Å². The normalized spacial score (nSPS) is 10.7. The largest absolute Gasteiger partial charge is 0.331 e. The van der Waals surface area contributed by atoms with E-state index < -0.39 is 15.7 Å². The molecule has 8 heteroatoms. The monoisotopic (exact) mass is 363 g/mol. The molecule has 2 aromatic rings. The van der Waals surface area contributed by atoms with Crippen LogP contribution < -0.4 is 16.2 Å². The van der Waals surface area contributed by atoms with Crippen LogP contribution in [0, 0.1) is 0 Å². The molecule has 0 heterocycles. The Kier molecular flexibility index (Phi) is 6.28. The van der Waals surface area contributed by atoms with Gasteiger partial charge in [0.1, 0.15) is 0 Å². The number of hydrogen-bond acceptors (Lipinski definition) is 4. The second-order valence-corrected chi connectivity index (χ2v) is 7.39. The number of sulfone groups is 1. The number of amides is 1. The van der Waals surface area contributed by atoms with Crippen LogP contribution in [0.15, 0.2) is 65.6 Å². The molecular weight excluding hydrogens is 346 g/mol. The molecule has 0 atom stereocenters. The number of benzene rings is 2. The summed E-state index contributed by atoms with van der Waals surface area (Å²) in [5.74, 6) is -0.740. The van der Waals surface area contributed by atoms with Gasteiger partial charge in [-0.2, -0.15) is 0 Å². The topological polar surface area (TPSA) is 87.3 Å². The number of thiocarbonyl (C=S) groups is 1. The number of rotatable bonds is 5. The lowest BCUT2D eigenvalue weighted by Crippen LogP contribution is -2.44. The van der Waals surface area contributed by atoms with Crippen LogP contribution in [-0.2, 0) is 14.6 Å². The zero-order valence-corrected chi connectivity index (χ0v) is 14.4. The van der Waals surface area contributed by atoms with Crippen LogP contribution in [-0.4, -0.2) is 25.2 Å². The van der Waals surface area contributed by atoms with E-state index >= 15 is 0 Å². The fourth-order valence-corrected chi connectivity index (χ4v) is 3.28. The fourth-order valence-electron chi connectivity index (χ4n) is 1.85. The number of anilines is 1. The van der Waals surface area contributed by atoms with Crippen LogP contribution in [0.4, 0.5) is 5.69 Å². The minimum atomic E-state index is -3.48. The number of para-hydroxylation sites is 1. The van der Waals surface area contributed by atoms with Gasteiger partial charge in [0.25, 0.3) is 0 Å². The van der Waals surface area contributed by atoms with Gasteiger partial charge in [-0.25, -0.2) is 8.42 Å². The Labute approximate surface area is 146 Å². The maximum absolute atomic E-state index is 12.1. The van der Waals surface area contributed by atoms with Gasteiger partial charge in [0.2, 0.25) is 5.91 Å². The lowest BCUT2D eigenvalue weighted by molar-refractivity contribution is -0.121. The van der Waals surface area contributed by atoms with Crippen molar-refractivity contribution in [2.45, 2.75) is 11.3 Å². The van der Waals surface area contributed by atoms with Gasteiger partial charge in [-0.15, -0.1) is 0 Å².